The largest absolute Gasteiger partial charge is 0.341 e. The second kappa shape index (κ2) is 16.8. The van der Waals surface area contributed by atoms with Crippen molar-refractivity contribution in [1.29, 1.82) is 0 Å². The van der Waals surface area contributed by atoms with Crippen LogP contribution in [0.2, 0.25) is 0 Å². The summed E-state index contributed by atoms with van der Waals surface area (Å²) in [5.74, 6) is 6.09. The molecule has 0 heterocycles. The molecule has 254 valence electrons. The number of hydrogen-bond acceptors (Lipinski definition) is 6. The second-order valence-electron chi connectivity index (χ2n) is 16.1. The first-order valence-corrected chi connectivity index (χ1v) is 20.9. The quantitative estimate of drug-likeness (QED) is 0.0840. The normalized spacial score (nSPS) is 34.6. The Labute approximate surface area is 279 Å². The number of hydrogen-bond donors (Lipinski definition) is 3. The van der Waals surface area contributed by atoms with E-state index in [2.05, 4.69) is 40.7 Å². The highest BCUT2D eigenvalue weighted by atomic mass is 33.1. The van der Waals surface area contributed by atoms with Crippen LogP contribution >= 0.6 is 21.6 Å². The van der Waals surface area contributed by atoms with E-state index in [1.54, 1.807) is 5.57 Å². The van der Waals surface area contributed by atoms with E-state index in [1.165, 1.54) is 70.6 Å². The molecule has 1 amide bonds. The van der Waals surface area contributed by atoms with Crippen LogP contribution < -0.4 is 17.2 Å². The van der Waals surface area contributed by atoms with Gasteiger partial charge in [0.1, 0.15) is 0 Å². The molecule has 0 bridgehead atoms. The van der Waals surface area contributed by atoms with E-state index in [9.17, 15) is 4.79 Å². The van der Waals surface area contributed by atoms with Crippen molar-refractivity contribution in [2.24, 2.45) is 63.5 Å². The van der Waals surface area contributed by atoms with E-state index in [0.29, 0.717) is 41.5 Å². The topological polar surface area (TPSA) is 98.4 Å². The van der Waals surface area contributed by atoms with Crippen LogP contribution in [0.25, 0.3) is 0 Å². The third-order valence-corrected chi connectivity index (χ3v) is 15.8. The Morgan fingerprint density at radius 2 is 1.70 bits per heavy atom. The predicted octanol–water partition coefficient (Wildman–Crippen LogP) is 8.02. The van der Waals surface area contributed by atoms with Gasteiger partial charge in [-0.1, -0.05) is 87.1 Å². The summed E-state index contributed by atoms with van der Waals surface area (Å²) in [7, 11) is 3.81. The first-order valence-electron chi connectivity index (χ1n) is 18.5. The van der Waals surface area contributed by atoms with Gasteiger partial charge in [-0.05, 0) is 130 Å². The molecular formula is C37H68N4OS2. The van der Waals surface area contributed by atoms with Crippen LogP contribution in [0.3, 0.4) is 0 Å². The molecule has 0 aromatic heterocycles. The minimum atomic E-state index is -0.448. The van der Waals surface area contributed by atoms with E-state index < -0.39 is 6.04 Å². The van der Waals surface area contributed by atoms with Gasteiger partial charge in [-0.25, -0.2) is 0 Å². The zero-order chi connectivity index (χ0) is 31.9. The number of nitrogens with two attached hydrogens (primary N) is 3. The number of amides is 1. The molecule has 5 nitrogen and oxygen atoms in total. The van der Waals surface area contributed by atoms with Gasteiger partial charge in [-0.15, -0.1) is 0 Å². The molecule has 3 fully saturated rings. The first kappa shape index (κ1) is 36.6. The molecule has 7 heteroatoms. The lowest BCUT2D eigenvalue weighted by Crippen LogP contribution is -2.50. The Morgan fingerprint density at radius 3 is 2.43 bits per heavy atom. The zero-order valence-corrected chi connectivity index (χ0v) is 30.7. The van der Waals surface area contributed by atoms with Crippen molar-refractivity contribution in [3.63, 3.8) is 0 Å². The van der Waals surface area contributed by atoms with Gasteiger partial charge in [0.2, 0.25) is 5.91 Å². The number of rotatable bonds is 17. The van der Waals surface area contributed by atoms with Gasteiger partial charge in [0, 0.05) is 24.1 Å². The summed E-state index contributed by atoms with van der Waals surface area (Å²) in [4.78, 5) is 15.0. The molecule has 0 aromatic carbocycles. The molecule has 4 aliphatic carbocycles. The third-order valence-electron chi connectivity index (χ3n) is 12.9. The summed E-state index contributed by atoms with van der Waals surface area (Å²) in [6, 6.07) is -0.448. The van der Waals surface area contributed by atoms with Crippen LogP contribution in [0, 0.1) is 46.3 Å². The minimum absolute atomic E-state index is 0.0734. The highest BCUT2D eigenvalue weighted by Crippen LogP contribution is 2.67. The molecule has 3 saturated carbocycles. The Kier molecular flexibility index (Phi) is 13.9. The average molecular weight is 649 g/mol. The summed E-state index contributed by atoms with van der Waals surface area (Å²) >= 11 is 0. The molecule has 4 rings (SSSR count). The van der Waals surface area contributed by atoms with Crippen LogP contribution in [-0.2, 0) is 4.79 Å². The maximum atomic E-state index is 13.1. The fraction of sp³-hybridized carbons (Fsp3) is 0.919. The van der Waals surface area contributed by atoms with Gasteiger partial charge in [-0.2, -0.15) is 0 Å². The standard InChI is InChI=1S/C37H68N4OS2/c1-26(2)10-8-11-27(3)31-14-15-32-30-13-12-28-24-29(16-18-36(28,4)33(30)17-19-37(31,32)5)44-43-25-34(40)35(42)41(23-9-21-39)22-7-6-20-38/h12,26-27,29-34H,6-11,13-25,38-40H2,1-5H3. The van der Waals surface area contributed by atoms with Crippen LogP contribution in [0.5, 0.6) is 0 Å². The lowest BCUT2D eigenvalue weighted by atomic mass is 9.47. The molecule has 0 aromatic rings. The Bertz CT molecular complexity index is 944. The SMILES string of the molecule is CC(C)CCCC(C)C1CCC2C3CC=C4CC(SSCC(N)C(=O)N(CCCN)CCCCN)CCC4(C)C3CCC12C. The predicted molar refractivity (Wildman–Crippen MR) is 193 cm³/mol. The summed E-state index contributed by atoms with van der Waals surface area (Å²) in [6.45, 7) is 15.4. The maximum Gasteiger partial charge on any atom is 0.240 e. The van der Waals surface area contributed by atoms with E-state index in [-0.39, 0.29) is 5.91 Å². The van der Waals surface area contributed by atoms with Crippen molar-refractivity contribution >= 4 is 27.5 Å². The maximum absolute atomic E-state index is 13.1. The number of nitrogens with zero attached hydrogens (tertiary/aromatic N) is 1. The van der Waals surface area contributed by atoms with Gasteiger partial charge >= 0.3 is 0 Å². The van der Waals surface area contributed by atoms with Crippen LogP contribution in [0.1, 0.15) is 125 Å². The third kappa shape index (κ3) is 8.44. The fourth-order valence-electron chi connectivity index (χ4n) is 10.3. The van der Waals surface area contributed by atoms with Crippen molar-refractivity contribution < 1.29 is 4.79 Å². The minimum Gasteiger partial charge on any atom is -0.341 e. The monoisotopic (exact) mass is 648 g/mol. The molecule has 9 atom stereocenters. The summed E-state index contributed by atoms with van der Waals surface area (Å²) < 4.78 is 0. The van der Waals surface area contributed by atoms with E-state index in [0.717, 1.165) is 61.3 Å². The number of fused-ring (bicyclic) bond motifs is 5. The van der Waals surface area contributed by atoms with Crippen LogP contribution in [0.15, 0.2) is 11.6 Å². The van der Waals surface area contributed by atoms with Crippen molar-refractivity contribution in [3.8, 4) is 0 Å². The molecule has 9 unspecified atom stereocenters. The average Bonchev–Trinajstić information content (AvgIpc) is 3.35. The van der Waals surface area contributed by atoms with Gasteiger partial charge in [0.15, 0.2) is 0 Å². The molecule has 44 heavy (non-hydrogen) atoms. The lowest BCUT2D eigenvalue weighted by molar-refractivity contribution is -0.132. The molecule has 0 spiro atoms. The van der Waals surface area contributed by atoms with Crippen LogP contribution in [-0.4, -0.2) is 54.0 Å². The van der Waals surface area contributed by atoms with Crippen molar-refractivity contribution in [2.45, 2.75) is 136 Å². The molecule has 0 radical (unpaired) electrons. The smallest absolute Gasteiger partial charge is 0.240 e. The second-order valence-corrected chi connectivity index (χ2v) is 18.8. The Hall–Kier alpha value is -0.210. The van der Waals surface area contributed by atoms with Crippen molar-refractivity contribution in [3.05, 3.63) is 11.6 Å². The molecule has 0 saturated heterocycles. The van der Waals surface area contributed by atoms with Gasteiger partial charge in [0.25, 0.3) is 0 Å². The highest BCUT2D eigenvalue weighted by molar-refractivity contribution is 8.77. The van der Waals surface area contributed by atoms with Gasteiger partial charge in [0.05, 0.1) is 6.04 Å². The number of carbonyl (C=O) groups excluding carboxylic acids is 1. The Morgan fingerprint density at radius 1 is 0.955 bits per heavy atom. The molecule has 0 aliphatic heterocycles. The summed E-state index contributed by atoms with van der Waals surface area (Å²) in [5, 5.41) is 0.632. The lowest BCUT2D eigenvalue weighted by Gasteiger charge is -2.58. The van der Waals surface area contributed by atoms with E-state index >= 15 is 0 Å². The van der Waals surface area contributed by atoms with Crippen molar-refractivity contribution in [1.82, 2.24) is 4.90 Å². The van der Waals surface area contributed by atoms with Crippen LogP contribution in [0.4, 0.5) is 0 Å². The molecular weight excluding hydrogens is 581 g/mol. The first-order chi connectivity index (χ1) is 21.0. The number of allylic oxidation sites excluding steroid dienone is 2. The fourth-order valence-corrected chi connectivity index (χ4v) is 13.1. The highest BCUT2D eigenvalue weighted by Gasteiger charge is 2.59. The van der Waals surface area contributed by atoms with E-state index in [1.807, 2.05) is 26.5 Å². The molecule has 6 N–H and O–H groups in total. The van der Waals surface area contributed by atoms with E-state index in [4.69, 9.17) is 17.2 Å². The summed E-state index contributed by atoms with van der Waals surface area (Å²) in [6.07, 6.45) is 20.6. The van der Waals surface area contributed by atoms with Gasteiger partial charge in [-0.3, -0.25) is 4.79 Å². The Balaban J connectivity index is 1.29. The van der Waals surface area contributed by atoms with Crippen molar-refractivity contribution in [2.75, 3.05) is 31.9 Å². The summed E-state index contributed by atoms with van der Waals surface area (Å²) in [5.41, 5.74) is 20.5. The zero-order valence-electron chi connectivity index (χ0n) is 29.0. The number of unbranched alkanes of at least 4 members (excludes halogenated alkanes) is 1. The molecule has 4 aliphatic rings. The van der Waals surface area contributed by atoms with Gasteiger partial charge < -0.3 is 22.1 Å². The number of carbonyl (C=O) groups is 1.